The average molecular weight is 419 g/mol. The Kier molecular flexibility index (Phi) is 5.59. The van der Waals surface area contributed by atoms with E-state index in [0.717, 1.165) is 24.0 Å². The quantitative estimate of drug-likeness (QED) is 0.417. The average Bonchev–Trinajstić information content (AvgIpc) is 3.00. The van der Waals surface area contributed by atoms with E-state index in [0.29, 0.717) is 35.8 Å². The van der Waals surface area contributed by atoms with E-state index >= 15 is 0 Å². The van der Waals surface area contributed by atoms with Gasteiger partial charge in [0, 0.05) is 25.2 Å². The van der Waals surface area contributed by atoms with Gasteiger partial charge in [0.15, 0.2) is 0 Å². The summed E-state index contributed by atoms with van der Waals surface area (Å²) in [4.78, 5) is 40.7. The highest BCUT2D eigenvalue weighted by Crippen LogP contribution is 2.35. The zero-order chi connectivity index (χ0) is 22.1. The minimum absolute atomic E-state index is 0.0502. The monoisotopic (exact) mass is 419 g/mol. The van der Waals surface area contributed by atoms with Gasteiger partial charge in [0.25, 0.3) is 17.5 Å². The van der Waals surface area contributed by atoms with Crippen LogP contribution in [0.15, 0.2) is 54.2 Å². The highest BCUT2D eigenvalue weighted by Gasteiger charge is 2.42. The first-order valence-electron chi connectivity index (χ1n) is 10.5. The summed E-state index contributed by atoms with van der Waals surface area (Å²) in [7, 11) is 0. The number of rotatable bonds is 5. The van der Waals surface area contributed by atoms with Gasteiger partial charge in [-0.15, -0.1) is 0 Å². The van der Waals surface area contributed by atoms with Crippen molar-refractivity contribution in [3.05, 3.63) is 81.0 Å². The van der Waals surface area contributed by atoms with E-state index in [-0.39, 0.29) is 24.0 Å². The molecule has 160 valence electrons. The van der Waals surface area contributed by atoms with Crippen LogP contribution < -0.4 is 0 Å². The number of carbonyl (C=O) groups excluding carboxylic acids is 2. The zero-order valence-electron chi connectivity index (χ0n) is 17.7. The molecule has 1 unspecified atom stereocenters. The van der Waals surface area contributed by atoms with Crippen LogP contribution >= 0.6 is 0 Å². The number of aryl methyl sites for hydroxylation is 1. The number of benzene rings is 2. The molecule has 1 atom stereocenters. The molecule has 0 spiro atoms. The molecule has 7 nitrogen and oxygen atoms in total. The number of hydrogen-bond acceptors (Lipinski definition) is 5. The minimum atomic E-state index is -0.475. The number of carbonyl (C=O) groups is 2. The van der Waals surface area contributed by atoms with Crippen LogP contribution in [0.5, 0.6) is 0 Å². The van der Waals surface area contributed by atoms with Gasteiger partial charge in [-0.25, -0.2) is 0 Å². The molecule has 2 aliphatic heterocycles. The van der Waals surface area contributed by atoms with Crippen molar-refractivity contribution in [1.29, 1.82) is 0 Å². The SMILES string of the molecule is Cc1ccc(CN2C(=O)C(c3ccc([N+](=O)[O-])cc3)=C(N3CCCC(C)C3)C2=O)cc1. The van der Waals surface area contributed by atoms with Crippen molar-refractivity contribution in [3.63, 3.8) is 0 Å². The van der Waals surface area contributed by atoms with E-state index in [2.05, 4.69) is 6.92 Å². The standard InChI is InChI=1S/C24H25N3O4/c1-16-5-7-18(8-6-16)15-26-23(28)21(19-9-11-20(12-10-19)27(30)31)22(24(26)29)25-13-3-4-17(2)14-25/h5-12,17H,3-4,13-15H2,1-2H3. The Morgan fingerprint density at radius 3 is 2.32 bits per heavy atom. The lowest BCUT2D eigenvalue weighted by Crippen LogP contribution is -2.39. The summed E-state index contributed by atoms with van der Waals surface area (Å²) >= 11 is 0. The predicted octanol–water partition coefficient (Wildman–Crippen LogP) is 3.92. The van der Waals surface area contributed by atoms with Gasteiger partial charge in [-0.05, 0) is 48.9 Å². The molecule has 2 amide bonds. The molecule has 2 heterocycles. The molecule has 7 heteroatoms. The lowest BCUT2D eigenvalue weighted by Gasteiger charge is -2.33. The van der Waals surface area contributed by atoms with Crippen molar-refractivity contribution in [2.24, 2.45) is 5.92 Å². The summed E-state index contributed by atoms with van der Waals surface area (Å²) in [5, 5.41) is 11.0. The molecule has 2 aliphatic rings. The summed E-state index contributed by atoms with van der Waals surface area (Å²) in [5.41, 5.74) is 3.21. The maximum atomic E-state index is 13.4. The molecule has 2 aromatic rings. The Hall–Kier alpha value is -3.48. The van der Waals surface area contributed by atoms with Gasteiger partial charge in [0.05, 0.1) is 17.0 Å². The van der Waals surface area contributed by atoms with Gasteiger partial charge >= 0.3 is 0 Å². The second-order valence-electron chi connectivity index (χ2n) is 8.40. The minimum Gasteiger partial charge on any atom is -0.366 e. The molecule has 0 radical (unpaired) electrons. The molecule has 2 aromatic carbocycles. The van der Waals surface area contributed by atoms with E-state index in [1.54, 1.807) is 12.1 Å². The second kappa shape index (κ2) is 8.34. The van der Waals surface area contributed by atoms with Crippen LogP contribution in [0.2, 0.25) is 0 Å². The molecule has 4 rings (SSSR count). The van der Waals surface area contributed by atoms with Gasteiger partial charge in [-0.3, -0.25) is 24.6 Å². The van der Waals surface area contributed by atoms with Gasteiger partial charge in [-0.1, -0.05) is 36.8 Å². The highest BCUT2D eigenvalue weighted by molar-refractivity contribution is 6.35. The number of nitrogens with zero attached hydrogens (tertiary/aromatic N) is 3. The summed E-state index contributed by atoms with van der Waals surface area (Å²) in [5.74, 6) is -0.228. The lowest BCUT2D eigenvalue weighted by atomic mass is 9.97. The number of likely N-dealkylation sites (tertiary alicyclic amines) is 1. The first kappa shape index (κ1) is 20.8. The summed E-state index contributed by atoms with van der Waals surface area (Å²) < 4.78 is 0. The van der Waals surface area contributed by atoms with E-state index in [1.165, 1.54) is 17.0 Å². The van der Waals surface area contributed by atoms with E-state index in [4.69, 9.17) is 0 Å². The number of imide groups is 1. The van der Waals surface area contributed by atoms with Gasteiger partial charge in [-0.2, -0.15) is 0 Å². The van der Waals surface area contributed by atoms with Crippen LogP contribution in [0.1, 0.15) is 36.5 Å². The van der Waals surface area contributed by atoms with E-state index < -0.39 is 4.92 Å². The maximum absolute atomic E-state index is 13.4. The molecule has 1 saturated heterocycles. The Bertz CT molecular complexity index is 1060. The van der Waals surface area contributed by atoms with Crippen molar-refractivity contribution in [2.75, 3.05) is 13.1 Å². The molecule has 0 N–H and O–H groups in total. The second-order valence-corrected chi connectivity index (χ2v) is 8.40. The van der Waals surface area contributed by atoms with Crippen LogP contribution in [-0.4, -0.2) is 39.6 Å². The number of amides is 2. The topological polar surface area (TPSA) is 83.8 Å². The van der Waals surface area contributed by atoms with Crippen molar-refractivity contribution < 1.29 is 14.5 Å². The van der Waals surface area contributed by atoms with E-state index in [1.807, 2.05) is 36.1 Å². The van der Waals surface area contributed by atoms with Crippen LogP contribution in [0.4, 0.5) is 5.69 Å². The fourth-order valence-corrected chi connectivity index (χ4v) is 4.28. The smallest absolute Gasteiger partial charge is 0.278 e. The Morgan fingerprint density at radius 2 is 1.71 bits per heavy atom. The molecule has 1 fully saturated rings. The van der Waals surface area contributed by atoms with Gasteiger partial charge < -0.3 is 4.90 Å². The highest BCUT2D eigenvalue weighted by atomic mass is 16.6. The number of non-ortho nitro benzene ring substituents is 1. The molecule has 0 saturated carbocycles. The molecule has 0 aliphatic carbocycles. The van der Waals surface area contributed by atoms with Crippen LogP contribution in [0.25, 0.3) is 5.57 Å². The van der Waals surface area contributed by atoms with Gasteiger partial charge in [0.2, 0.25) is 0 Å². The fourth-order valence-electron chi connectivity index (χ4n) is 4.28. The fraction of sp³-hybridized carbons (Fsp3) is 0.333. The Balaban J connectivity index is 1.73. The third kappa shape index (κ3) is 4.08. The molecular formula is C24H25N3O4. The molecule has 0 bridgehead atoms. The normalized spacial score (nSPS) is 19.4. The van der Waals surface area contributed by atoms with Crippen LogP contribution in [0, 0.1) is 23.0 Å². The van der Waals surface area contributed by atoms with Crippen LogP contribution in [-0.2, 0) is 16.1 Å². The Morgan fingerprint density at radius 1 is 1.03 bits per heavy atom. The number of piperidine rings is 1. The summed E-state index contributed by atoms with van der Waals surface area (Å²) in [6.07, 6.45) is 2.05. The third-order valence-corrected chi connectivity index (χ3v) is 5.94. The summed E-state index contributed by atoms with van der Waals surface area (Å²) in [6, 6.07) is 13.6. The van der Waals surface area contributed by atoms with Crippen molar-refractivity contribution in [1.82, 2.24) is 9.80 Å². The zero-order valence-corrected chi connectivity index (χ0v) is 17.7. The van der Waals surface area contributed by atoms with Crippen LogP contribution in [0.3, 0.4) is 0 Å². The summed E-state index contributed by atoms with van der Waals surface area (Å²) in [6.45, 7) is 5.75. The van der Waals surface area contributed by atoms with Crippen molar-refractivity contribution in [2.45, 2.75) is 33.2 Å². The first-order chi connectivity index (χ1) is 14.8. The number of nitro benzene ring substituents is 1. The van der Waals surface area contributed by atoms with Gasteiger partial charge in [0.1, 0.15) is 5.70 Å². The van der Waals surface area contributed by atoms with E-state index in [9.17, 15) is 19.7 Å². The molecule has 0 aromatic heterocycles. The number of nitro groups is 1. The molecular weight excluding hydrogens is 394 g/mol. The third-order valence-electron chi connectivity index (χ3n) is 5.94. The maximum Gasteiger partial charge on any atom is 0.278 e. The largest absolute Gasteiger partial charge is 0.366 e. The Labute approximate surface area is 181 Å². The number of hydrogen-bond donors (Lipinski definition) is 0. The predicted molar refractivity (Wildman–Crippen MR) is 117 cm³/mol. The molecule has 31 heavy (non-hydrogen) atoms. The van der Waals surface area contributed by atoms with Crippen molar-refractivity contribution in [3.8, 4) is 0 Å². The lowest BCUT2D eigenvalue weighted by molar-refractivity contribution is -0.384. The first-order valence-corrected chi connectivity index (χ1v) is 10.5. The van der Waals surface area contributed by atoms with Crippen molar-refractivity contribution >= 4 is 23.1 Å².